The fourth-order valence-electron chi connectivity index (χ4n) is 3.09. The highest BCUT2D eigenvalue weighted by Gasteiger charge is 2.35. The Kier molecular flexibility index (Phi) is 4.31. The number of rotatable bonds is 5. The molecule has 1 saturated carbocycles. The van der Waals surface area contributed by atoms with Crippen molar-refractivity contribution in [2.24, 2.45) is 5.92 Å². The zero-order valence-electron chi connectivity index (χ0n) is 13.7. The van der Waals surface area contributed by atoms with E-state index in [1.54, 1.807) is 7.11 Å². The first-order valence-corrected chi connectivity index (χ1v) is 7.65. The molecule has 2 rings (SSSR count). The van der Waals surface area contributed by atoms with Crippen LogP contribution in [0.3, 0.4) is 0 Å². The zero-order valence-corrected chi connectivity index (χ0v) is 13.7. The third-order valence-corrected chi connectivity index (χ3v) is 4.32. The monoisotopic (exact) mass is 290 g/mol. The lowest BCUT2D eigenvalue weighted by Crippen LogP contribution is -2.16. The summed E-state index contributed by atoms with van der Waals surface area (Å²) in [7, 11) is 1.70. The Hall–Kier alpha value is -1.51. The van der Waals surface area contributed by atoms with Gasteiger partial charge in [0.1, 0.15) is 5.75 Å². The summed E-state index contributed by atoms with van der Waals surface area (Å²) < 4.78 is 5.58. The maximum absolute atomic E-state index is 11.2. The molecule has 3 nitrogen and oxygen atoms in total. The van der Waals surface area contributed by atoms with E-state index in [4.69, 9.17) is 4.74 Å². The minimum atomic E-state index is -0.710. The number of carboxylic acids is 1. The molecule has 116 valence electrons. The molecule has 21 heavy (non-hydrogen) atoms. The van der Waals surface area contributed by atoms with Crippen molar-refractivity contribution in [1.29, 1.82) is 0 Å². The second-order valence-electron chi connectivity index (χ2n) is 7.21. The van der Waals surface area contributed by atoms with E-state index >= 15 is 0 Å². The zero-order chi connectivity index (χ0) is 15.8. The van der Waals surface area contributed by atoms with Crippen LogP contribution in [0.1, 0.15) is 62.6 Å². The Labute approximate surface area is 127 Å². The number of hydrogen-bond acceptors (Lipinski definition) is 2. The lowest BCUT2D eigenvalue weighted by Gasteiger charge is -2.26. The molecule has 1 aromatic rings. The van der Waals surface area contributed by atoms with E-state index in [0.29, 0.717) is 5.92 Å². The predicted octanol–water partition coefficient (Wildman–Crippen LogP) is 4.27. The van der Waals surface area contributed by atoms with Gasteiger partial charge in [-0.05, 0) is 48.1 Å². The second-order valence-corrected chi connectivity index (χ2v) is 7.21. The summed E-state index contributed by atoms with van der Waals surface area (Å²) in [5.74, 6) is 0.878. The Morgan fingerprint density at radius 1 is 1.38 bits per heavy atom. The highest BCUT2D eigenvalue weighted by molar-refractivity contribution is 5.68. The molecule has 0 heterocycles. The number of methoxy groups -OCH3 is 1. The first kappa shape index (κ1) is 15.9. The summed E-state index contributed by atoms with van der Waals surface area (Å²) in [5, 5.41) is 9.20. The average Bonchev–Trinajstić information content (AvgIpc) is 3.17. The molecule has 1 unspecified atom stereocenters. The van der Waals surface area contributed by atoms with Gasteiger partial charge in [0.05, 0.1) is 13.5 Å². The Bertz CT molecular complexity index is 536. The summed E-state index contributed by atoms with van der Waals surface area (Å²) in [6.07, 6.45) is 2.52. The molecule has 0 aliphatic heterocycles. The van der Waals surface area contributed by atoms with Crippen LogP contribution in [-0.4, -0.2) is 18.2 Å². The highest BCUT2D eigenvalue weighted by atomic mass is 16.5. The minimum absolute atomic E-state index is 0.0244. The molecule has 1 aliphatic carbocycles. The summed E-state index contributed by atoms with van der Waals surface area (Å²) >= 11 is 0. The third-order valence-electron chi connectivity index (χ3n) is 4.32. The van der Waals surface area contributed by atoms with Crippen molar-refractivity contribution in [1.82, 2.24) is 0 Å². The molecule has 0 saturated heterocycles. The van der Waals surface area contributed by atoms with E-state index in [2.05, 4.69) is 32.9 Å². The van der Waals surface area contributed by atoms with Crippen molar-refractivity contribution >= 4 is 5.97 Å². The Morgan fingerprint density at radius 2 is 2.00 bits per heavy atom. The maximum Gasteiger partial charge on any atom is 0.303 e. The largest absolute Gasteiger partial charge is 0.496 e. The molecule has 1 aromatic carbocycles. The van der Waals surface area contributed by atoms with Crippen LogP contribution in [0.25, 0.3) is 0 Å². The van der Waals surface area contributed by atoms with Crippen LogP contribution in [0.4, 0.5) is 0 Å². The van der Waals surface area contributed by atoms with Gasteiger partial charge in [-0.1, -0.05) is 32.9 Å². The van der Waals surface area contributed by atoms with Crippen LogP contribution in [-0.2, 0) is 10.2 Å². The van der Waals surface area contributed by atoms with Crippen LogP contribution in [0.5, 0.6) is 5.75 Å². The van der Waals surface area contributed by atoms with E-state index in [1.807, 2.05) is 6.92 Å². The van der Waals surface area contributed by atoms with Gasteiger partial charge in [-0.25, -0.2) is 0 Å². The van der Waals surface area contributed by atoms with Gasteiger partial charge >= 0.3 is 5.97 Å². The maximum atomic E-state index is 11.2. The highest BCUT2D eigenvalue weighted by Crippen LogP contribution is 2.46. The van der Waals surface area contributed by atoms with Crippen molar-refractivity contribution in [2.45, 2.75) is 58.3 Å². The van der Waals surface area contributed by atoms with Gasteiger partial charge in [0.15, 0.2) is 0 Å². The number of carboxylic acid groups (broad SMARTS) is 1. The Morgan fingerprint density at radius 3 is 2.43 bits per heavy atom. The van der Waals surface area contributed by atoms with Crippen molar-refractivity contribution in [3.63, 3.8) is 0 Å². The van der Waals surface area contributed by atoms with Crippen LogP contribution in [0.2, 0.25) is 0 Å². The molecule has 0 radical (unpaired) electrons. The second kappa shape index (κ2) is 5.70. The lowest BCUT2D eigenvalue weighted by atomic mass is 9.81. The van der Waals surface area contributed by atoms with Gasteiger partial charge in [0, 0.05) is 5.56 Å². The first-order valence-electron chi connectivity index (χ1n) is 7.65. The predicted molar refractivity (Wildman–Crippen MR) is 84.1 cm³/mol. The van der Waals surface area contributed by atoms with Crippen molar-refractivity contribution < 1.29 is 14.6 Å². The number of benzene rings is 1. The summed E-state index contributed by atoms with van der Waals surface area (Å²) in [4.78, 5) is 11.2. The molecule has 3 heteroatoms. The van der Waals surface area contributed by atoms with Gasteiger partial charge in [-0.15, -0.1) is 0 Å². The van der Waals surface area contributed by atoms with Crippen molar-refractivity contribution in [3.05, 3.63) is 28.8 Å². The SMILES string of the molecule is COc1c(C)cc(C(CC(=O)O)C2CC2)cc1C(C)(C)C. The molecule has 0 aromatic heterocycles. The topological polar surface area (TPSA) is 46.5 Å². The van der Waals surface area contributed by atoms with Crippen LogP contribution in [0.15, 0.2) is 12.1 Å². The molecule has 0 bridgehead atoms. The van der Waals surface area contributed by atoms with Gasteiger partial charge in [0.25, 0.3) is 0 Å². The number of aryl methyl sites for hydroxylation is 1. The normalized spacial score (nSPS) is 16.6. The van der Waals surface area contributed by atoms with Gasteiger partial charge in [0.2, 0.25) is 0 Å². The molecular formula is C18H26O3. The molecular weight excluding hydrogens is 264 g/mol. The summed E-state index contributed by atoms with van der Waals surface area (Å²) in [5.41, 5.74) is 3.39. The summed E-state index contributed by atoms with van der Waals surface area (Å²) in [6, 6.07) is 4.28. The molecule has 0 spiro atoms. The standard InChI is InChI=1S/C18H26O3/c1-11-8-13(14(10-16(19)20)12-6-7-12)9-15(17(11)21-5)18(2,3)4/h8-9,12,14H,6-7,10H2,1-5H3,(H,19,20). The van der Waals surface area contributed by atoms with Crippen LogP contribution in [0, 0.1) is 12.8 Å². The number of ether oxygens (including phenoxy) is 1. The lowest BCUT2D eigenvalue weighted by molar-refractivity contribution is -0.137. The molecule has 1 aliphatic rings. The van der Waals surface area contributed by atoms with E-state index < -0.39 is 5.97 Å². The first-order chi connectivity index (χ1) is 9.74. The number of aliphatic carboxylic acids is 1. The molecule has 1 N–H and O–H groups in total. The van der Waals surface area contributed by atoms with Gasteiger partial charge < -0.3 is 9.84 Å². The van der Waals surface area contributed by atoms with E-state index in [1.165, 1.54) is 0 Å². The molecule has 0 amide bonds. The number of carbonyl (C=O) groups is 1. The van der Waals surface area contributed by atoms with Crippen molar-refractivity contribution in [2.75, 3.05) is 7.11 Å². The van der Waals surface area contributed by atoms with E-state index in [0.717, 1.165) is 35.3 Å². The van der Waals surface area contributed by atoms with Gasteiger partial charge in [-0.2, -0.15) is 0 Å². The van der Waals surface area contributed by atoms with Crippen molar-refractivity contribution in [3.8, 4) is 5.75 Å². The number of hydrogen-bond donors (Lipinski definition) is 1. The average molecular weight is 290 g/mol. The fraction of sp³-hybridized carbons (Fsp3) is 0.611. The molecule has 1 atom stereocenters. The minimum Gasteiger partial charge on any atom is -0.496 e. The fourth-order valence-corrected chi connectivity index (χ4v) is 3.09. The summed E-state index contributed by atoms with van der Waals surface area (Å²) in [6.45, 7) is 8.54. The smallest absolute Gasteiger partial charge is 0.303 e. The van der Waals surface area contributed by atoms with Crippen LogP contribution >= 0.6 is 0 Å². The van der Waals surface area contributed by atoms with Crippen LogP contribution < -0.4 is 4.74 Å². The third kappa shape index (κ3) is 3.58. The van der Waals surface area contributed by atoms with Gasteiger partial charge in [-0.3, -0.25) is 4.79 Å². The van der Waals surface area contributed by atoms with E-state index in [9.17, 15) is 9.90 Å². The Balaban J connectivity index is 2.48. The molecule has 1 fully saturated rings. The van der Waals surface area contributed by atoms with E-state index in [-0.39, 0.29) is 17.8 Å². The quantitative estimate of drug-likeness (QED) is 0.881.